The molecule has 3 aromatic rings. The smallest absolute Gasteiger partial charge is 0.253 e. The number of nitrogens with zero attached hydrogens (tertiary/aromatic N) is 3. The lowest BCUT2D eigenvalue weighted by atomic mass is 9.95. The Balaban J connectivity index is 1.20. The fourth-order valence-corrected chi connectivity index (χ4v) is 3.96. The highest BCUT2D eigenvalue weighted by Gasteiger charge is 2.27. The summed E-state index contributed by atoms with van der Waals surface area (Å²) in [7, 11) is 0. The summed E-state index contributed by atoms with van der Waals surface area (Å²) >= 11 is 5.89. The first kappa shape index (κ1) is 21.1. The van der Waals surface area contributed by atoms with Crippen LogP contribution in [0.3, 0.4) is 0 Å². The first-order chi connectivity index (χ1) is 15.1. The second-order valence-electron chi connectivity index (χ2n) is 7.73. The van der Waals surface area contributed by atoms with E-state index in [4.69, 9.17) is 11.6 Å². The van der Waals surface area contributed by atoms with Crippen LogP contribution >= 0.6 is 11.6 Å². The Morgan fingerprint density at radius 3 is 2.39 bits per heavy atom. The summed E-state index contributed by atoms with van der Waals surface area (Å²) in [6.45, 7) is 1.78. The van der Waals surface area contributed by atoms with Crippen LogP contribution in [0.4, 0.5) is 0 Å². The Bertz CT molecular complexity index is 1010. The van der Waals surface area contributed by atoms with Crippen LogP contribution in [0.15, 0.2) is 67.0 Å². The number of amides is 2. The molecule has 0 aliphatic carbocycles. The highest BCUT2D eigenvalue weighted by molar-refractivity contribution is 6.30. The second kappa shape index (κ2) is 9.79. The fraction of sp³-hybridized carbons (Fsp3) is 0.292. The molecule has 0 spiro atoms. The maximum absolute atomic E-state index is 12.6. The third kappa shape index (κ3) is 5.33. The molecule has 1 N–H and O–H groups in total. The predicted molar refractivity (Wildman–Crippen MR) is 120 cm³/mol. The second-order valence-corrected chi connectivity index (χ2v) is 8.17. The van der Waals surface area contributed by atoms with Crippen LogP contribution in [0.5, 0.6) is 0 Å². The Hall–Kier alpha value is -3.12. The van der Waals surface area contributed by atoms with Gasteiger partial charge in [0.05, 0.1) is 5.69 Å². The number of likely N-dealkylation sites (tertiary alicyclic amines) is 1. The van der Waals surface area contributed by atoms with E-state index >= 15 is 0 Å². The summed E-state index contributed by atoms with van der Waals surface area (Å²) in [5.74, 6) is 0.0253. The van der Waals surface area contributed by atoms with Gasteiger partial charge < -0.3 is 10.2 Å². The van der Waals surface area contributed by atoms with Crippen LogP contribution in [0.2, 0.25) is 5.02 Å². The minimum Gasteiger partial charge on any atom is -0.356 e. The largest absolute Gasteiger partial charge is 0.356 e. The highest BCUT2D eigenvalue weighted by atomic mass is 35.5. The molecule has 0 unspecified atom stereocenters. The van der Waals surface area contributed by atoms with Gasteiger partial charge in [0.1, 0.15) is 0 Å². The molecule has 7 heteroatoms. The lowest BCUT2D eigenvalue weighted by Gasteiger charge is -2.31. The molecule has 0 saturated carbocycles. The highest BCUT2D eigenvalue weighted by Crippen LogP contribution is 2.20. The third-order valence-electron chi connectivity index (χ3n) is 5.66. The van der Waals surface area contributed by atoms with Crippen LogP contribution in [-0.4, -0.2) is 46.1 Å². The van der Waals surface area contributed by atoms with Crippen molar-refractivity contribution < 1.29 is 9.59 Å². The minimum atomic E-state index is -0.0449. The number of carbonyl (C=O) groups is 2. The number of hydrogen-bond acceptors (Lipinski definition) is 3. The van der Waals surface area contributed by atoms with E-state index in [1.54, 1.807) is 30.5 Å². The zero-order valence-corrected chi connectivity index (χ0v) is 18.0. The summed E-state index contributed by atoms with van der Waals surface area (Å²) in [5, 5.41) is 7.88. The van der Waals surface area contributed by atoms with Gasteiger partial charge in [-0.25, -0.2) is 4.68 Å². The van der Waals surface area contributed by atoms with E-state index in [0.29, 0.717) is 43.1 Å². The molecule has 1 aliphatic heterocycles. The Morgan fingerprint density at radius 2 is 1.74 bits per heavy atom. The van der Waals surface area contributed by atoms with Gasteiger partial charge in [0.15, 0.2) is 0 Å². The number of benzene rings is 2. The van der Waals surface area contributed by atoms with Gasteiger partial charge >= 0.3 is 0 Å². The molecule has 1 saturated heterocycles. The van der Waals surface area contributed by atoms with E-state index < -0.39 is 0 Å². The van der Waals surface area contributed by atoms with Crippen molar-refractivity contribution >= 4 is 23.4 Å². The Kier molecular flexibility index (Phi) is 6.67. The lowest BCUT2D eigenvalue weighted by Crippen LogP contribution is -2.43. The van der Waals surface area contributed by atoms with Crippen molar-refractivity contribution in [3.8, 4) is 5.69 Å². The lowest BCUT2D eigenvalue weighted by molar-refractivity contribution is -0.126. The number of hydrogen-bond donors (Lipinski definition) is 1. The van der Waals surface area contributed by atoms with Crippen molar-refractivity contribution in [2.24, 2.45) is 5.92 Å². The zero-order chi connectivity index (χ0) is 21.6. The number of nitrogens with one attached hydrogen (secondary N) is 1. The molecule has 4 rings (SSSR count). The van der Waals surface area contributed by atoms with E-state index in [9.17, 15) is 9.59 Å². The quantitative estimate of drug-likeness (QED) is 0.640. The third-order valence-corrected chi connectivity index (χ3v) is 5.91. The standard InChI is InChI=1S/C24H25ClN4O2/c25-21-6-4-20(5-7-21)24(31)28-16-11-19(12-17-28)23(30)26-14-10-18-2-8-22(9-3-18)29-15-1-13-27-29/h1-9,13,15,19H,10-12,14,16-17H2,(H,26,30). The first-order valence-electron chi connectivity index (χ1n) is 10.5. The molecule has 0 atom stereocenters. The zero-order valence-electron chi connectivity index (χ0n) is 17.2. The molecule has 2 heterocycles. The average Bonchev–Trinajstić information content (AvgIpc) is 3.35. The molecule has 2 amide bonds. The van der Waals surface area contributed by atoms with E-state index in [0.717, 1.165) is 12.1 Å². The Morgan fingerprint density at radius 1 is 1.03 bits per heavy atom. The van der Waals surface area contributed by atoms with E-state index in [1.165, 1.54) is 5.56 Å². The van der Waals surface area contributed by atoms with Crippen molar-refractivity contribution in [3.05, 3.63) is 83.1 Å². The summed E-state index contributed by atoms with van der Waals surface area (Å²) in [5.41, 5.74) is 2.81. The van der Waals surface area contributed by atoms with Crippen LogP contribution < -0.4 is 5.32 Å². The molecule has 1 aromatic heterocycles. The summed E-state index contributed by atoms with van der Waals surface area (Å²) < 4.78 is 1.82. The summed E-state index contributed by atoms with van der Waals surface area (Å²) in [6, 6.07) is 17.0. The number of halogens is 1. The number of piperidine rings is 1. The fourth-order valence-electron chi connectivity index (χ4n) is 3.83. The monoisotopic (exact) mass is 436 g/mol. The number of rotatable bonds is 6. The molecule has 6 nitrogen and oxygen atoms in total. The van der Waals surface area contributed by atoms with Gasteiger partial charge in [-0.1, -0.05) is 23.7 Å². The number of carbonyl (C=O) groups excluding carboxylic acids is 2. The van der Waals surface area contributed by atoms with Crippen LogP contribution in [0.1, 0.15) is 28.8 Å². The van der Waals surface area contributed by atoms with Crippen molar-refractivity contribution in [2.45, 2.75) is 19.3 Å². The molecule has 31 heavy (non-hydrogen) atoms. The van der Waals surface area contributed by atoms with Gasteiger partial charge in [-0.15, -0.1) is 0 Å². The van der Waals surface area contributed by atoms with E-state index in [2.05, 4.69) is 22.5 Å². The Labute approximate surface area is 186 Å². The van der Waals surface area contributed by atoms with Gasteiger partial charge in [0.25, 0.3) is 5.91 Å². The van der Waals surface area contributed by atoms with Gasteiger partial charge in [-0.05, 0) is 67.3 Å². The van der Waals surface area contributed by atoms with Crippen molar-refractivity contribution in [3.63, 3.8) is 0 Å². The summed E-state index contributed by atoms with van der Waals surface area (Å²) in [6.07, 6.45) is 5.80. The van der Waals surface area contributed by atoms with Crippen molar-refractivity contribution in [1.82, 2.24) is 20.0 Å². The topological polar surface area (TPSA) is 67.2 Å². The van der Waals surface area contributed by atoms with Crippen LogP contribution in [-0.2, 0) is 11.2 Å². The van der Waals surface area contributed by atoms with Gasteiger partial charge in [0, 0.05) is 48.5 Å². The van der Waals surface area contributed by atoms with E-state index in [1.807, 2.05) is 34.0 Å². The maximum atomic E-state index is 12.6. The average molecular weight is 437 g/mol. The van der Waals surface area contributed by atoms with E-state index in [-0.39, 0.29) is 17.7 Å². The normalized spacial score (nSPS) is 14.4. The van der Waals surface area contributed by atoms with Gasteiger partial charge in [0.2, 0.25) is 5.91 Å². The summed E-state index contributed by atoms with van der Waals surface area (Å²) in [4.78, 5) is 26.9. The van der Waals surface area contributed by atoms with Crippen molar-refractivity contribution in [2.75, 3.05) is 19.6 Å². The molecule has 0 bridgehead atoms. The SMILES string of the molecule is O=C(NCCc1ccc(-n2cccn2)cc1)C1CCN(C(=O)c2ccc(Cl)cc2)CC1. The van der Waals surface area contributed by atoms with Gasteiger partial charge in [-0.2, -0.15) is 5.10 Å². The molecule has 1 fully saturated rings. The molecular formula is C24H25ClN4O2. The predicted octanol–water partition coefficient (Wildman–Crippen LogP) is 3.74. The molecule has 0 radical (unpaired) electrons. The van der Waals surface area contributed by atoms with Crippen molar-refractivity contribution in [1.29, 1.82) is 0 Å². The minimum absolute atomic E-state index is 0.00548. The van der Waals surface area contributed by atoms with Gasteiger partial charge in [-0.3, -0.25) is 9.59 Å². The first-order valence-corrected chi connectivity index (χ1v) is 10.9. The van der Waals surface area contributed by atoms with Crippen LogP contribution in [0, 0.1) is 5.92 Å². The number of aromatic nitrogens is 2. The molecular weight excluding hydrogens is 412 g/mol. The molecule has 160 valence electrons. The maximum Gasteiger partial charge on any atom is 0.253 e. The molecule has 1 aliphatic rings. The molecule has 2 aromatic carbocycles. The van der Waals surface area contributed by atoms with Crippen LogP contribution in [0.25, 0.3) is 5.69 Å².